The van der Waals surface area contributed by atoms with Gasteiger partial charge in [0.2, 0.25) is 0 Å². The fraction of sp³-hybridized carbons (Fsp3) is 0.733. The molecular formula is C15H24N2O2. The summed E-state index contributed by atoms with van der Waals surface area (Å²) < 4.78 is 10.8. The van der Waals surface area contributed by atoms with E-state index in [0.717, 1.165) is 31.6 Å². The molecule has 0 aliphatic carbocycles. The van der Waals surface area contributed by atoms with Gasteiger partial charge in [-0.15, -0.1) is 0 Å². The zero-order chi connectivity index (χ0) is 12.9. The maximum absolute atomic E-state index is 5.44. The highest BCUT2D eigenvalue weighted by atomic mass is 16.5. The second-order valence-corrected chi connectivity index (χ2v) is 5.61. The van der Waals surface area contributed by atoms with Crippen LogP contribution < -0.4 is 5.32 Å². The molecule has 1 N–H and O–H groups in total. The van der Waals surface area contributed by atoms with E-state index in [9.17, 15) is 0 Å². The lowest BCUT2D eigenvalue weighted by Gasteiger charge is -2.39. The van der Waals surface area contributed by atoms with Crippen molar-refractivity contribution in [2.45, 2.75) is 44.3 Å². The van der Waals surface area contributed by atoms with Crippen molar-refractivity contribution >= 4 is 0 Å². The van der Waals surface area contributed by atoms with E-state index in [-0.39, 0.29) is 0 Å². The van der Waals surface area contributed by atoms with Gasteiger partial charge >= 0.3 is 0 Å². The number of ether oxygens (including phenoxy) is 1. The second kappa shape index (κ2) is 6.55. The molecule has 106 valence electrons. The molecule has 0 saturated carbocycles. The van der Waals surface area contributed by atoms with Crippen molar-refractivity contribution in [3.05, 3.63) is 24.2 Å². The molecule has 0 unspecified atom stereocenters. The maximum Gasteiger partial charge on any atom is 0.117 e. The van der Waals surface area contributed by atoms with Crippen molar-refractivity contribution in [2.24, 2.45) is 0 Å². The fourth-order valence-electron chi connectivity index (χ4n) is 3.18. The summed E-state index contributed by atoms with van der Waals surface area (Å²) >= 11 is 0. The Morgan fingerprint density at radius 2 is 1.95 bits per heavy atom. The quantitative estimate of drug-likeness (QED) is 0.903. The van der Waals surface area contributed by atoms with E-state index in [1.54, 1.807) is 6.26 Å². The Bertz CT molecular complexity index is 352. The Morgan fingerprint density at radius 1 is 1.16 bits per heavy atom. The maximum atomic E-state index is 5.44. The zero-order valence-electron chi connectivity index (χ0n) is 11.5. The van der Waals surface area contributed by atoms with Crippen LogP contribution in [-0.2, 0) is 11.3 Å². The smallest absolute Gasteiger partial charge is 0.117 e. The summed E-state index contributed by atoms with van der Waals surface area (Å²) in [5.41, 5.74) is 0. The van der Waals surface area contributed by atoms with E-state index < -0.39 is 0 Å². The van der Waals surface area contributed by atoms with Crippen molar-refractivity contribution in [3.63, 3.8) is 0 Å². The van der Waals surface area contributed by atoms with Crippen LogP contribution in [0.4, 0.5) is 0 Å². The summed E-state index contributed by atoms with van der Waals surface area (Å²) in [6.07, 6.45) is 6.66. The van der Waals surface area contributed by atoms with Gasteiger partial charge < -0.3 is 19.4 Å². The first-order valence-corrected chi connectivity index (χ1v) is 7.49. The Labute approximate surface area is 115 Å². The van der Waals surface area contributed by atoms with Crippen molar-refractivity contribution in [1.82, 2.24) is 10.2 Å². The average Bonchev–Trinajstić information content (AvgIpc) is 3.00. The molecule has 0 bridgehead atoms. The zero-order valence-corrected chi connectivity index (χ0v) is 11.5. The van der Waals surface area contributed by atoms with Crippen molar-refractivity contribution in [1.29, 1.82) is 0 Å². The molecule has 2 saturated heterocycles. The Hall–Kier alpha value is -0.840. The second-order valence-electron chi connectivity index (χ2n) is 5.61. The van der Waals surface area contributed by atoms with Crippen molar-refractivity contribution in [3.8, 4) is 0 Å². The molecule has 3 heterocycles. The summed E-state index contributed by atoms with van der Waals surface area (Å²) in [5.74, 6) is 1.03. The van der Waals surface area contributed by atoms with Gasteiger partial charge in [0.15, 0.2) is 0 Å². The normalized spacial score (nSPS) is 23.8. The molecule has 2 fully saturated rings. The molecule has 2 aliphatic rings. The molecule has 0 amide bonds. The molecule has 3 rings (SSSR count). The Kier molecular flexibility index (Phi) is 4.53. The van der Waals surface area contributed by atoms with Crippen LogP contribution in [0.3, 0.4) is 0 Å². The summed E-state index contributed by atoms with van der Waals surface area (Å²) in [6, 6.07) is 5.38. The van der Waals surface area contributed by atoms with E-state index in [4.69, 9.17) is 9.15 Å². The van der Waals surface area contributed by atoms with Crippen LogP contribution >= 0.6 is 0 Å². The first kappa shape index (κ1) is 13.2. The number of furan rings is 1. The van der Waals surface area contributed by atoms with E-state index in [1.807, 2.05) is 12.1 Å². The highest BCUT2D eigenvalue weighted by molar-refractivity contribution is 4.98. The standard InChI is InChI=1S/C15H24N2O2/c1-2-15(19-9-1)12-16-13-3-7-17(8-4-13)14-5-10-18-11-6-14/h1-2,9,13-14,16H,3-8,10-12H2. The first-order valence-electron chi connectivity index (χ1n) is 7.49. The number of rotatable bonds is 4. The monoisotopic (exact) mass is 264 g/mol. The van der Waals surface area contributed by atoms with Crippen LogP contribution in [0.2, 0.25) is 0 Å². The number of nitrogens with zero attached hydrogens (tertiary/aromatic N) is 1. The van der Waals surface area contributed by atoms with E-state index in [0.29, 0.717) is 6.04 Å². The lowest BCUT2D eigenvalue weighted by Crippen LogP contribution is -2.48. The third-order valence-corrected chi connectivity index (χ3v) is 4.38. The summed E-state index contributed by atoms with van der Waals surface area (Å²) in [4.78, 5) is 2.66. The molecule has 2 aliphatic heterocycles. The predicted molar refractivity (Wildman–Crippen MR) is 74.0 cm³/mol. The van der Waals surface area contributed by atoms with Crippen LogP contribution in [0, 0.1) is 0 Å². The molecule has 1 aromatic heterocycles. The van der Waals surface area contributed by atoms with Gasteiger partial charge in [0.05, 0.1) is 12.8 Å². The van der Waals surface area contributed by atoms with E-state index in [1.165, 1.54) is 38.8 Å². The predicted octanol–water partition coefficient (Wildman–Crippen LogP) is 2.01. The summed E-state index contributed by atoms with van der Waals surface area (Å²) in [7, 11) is 0. The van der Waals surface area contributed by atoms with Crippen LogP contribution in [0.1, 0.15) is 31.4 Å². The van der Waals surface area contributed by atoms with Crippen molar-refractivity contribution in [2.75, 3.05) is 26.3 Å². The number of hydrogen-bond acceptors (Lipinski definition) is 4. The van der Waals surface area contributed by atoms with Gasteiger partial charge in [-0.05, 0) is 50.9 Å². The molecule has 0 spiro atoms. The molecule has 0 radical (unpaired) electrons. The number of nitrogens with one attached hydrogen (secondary N) is 1. The largest absolute Gasteiger partial charge is 0.468 e. The van der Waals surface area contributed by atoms with E-state index in [2.05, 4.69) is 10.2 Å². The van der Waals surface area contributed by atoms with Gasteiger partial charge in [-0.1, -0.05) is 0 Å². The van der Waals surface area contributed by atoms with Gasteiger partial charge in [-0.3, -0.25) is 0 Å². The number of likely N-dealkylation sites (tertiary alicyclic amines) is 1. The van der Waals surface area contributed by atoms with Crippen LogP contribution in [0.5, 0.6) is 0 Å². The topological polar surface area (TPSA) is 37.6 Å². The SMILES string of the molecule is c1coc(CNC2CCN(C3CCOCC3)CC2)c1. The molecular weight excluding hydrogens is 240 g/mol. The lowest BCUT2D eigenvalue weighted by atomic mass is 9.99. The van der Waals surface area contributed by atoms with Gasteiger partial charge in [0.1, 0.15) is 5.76 Å². The number of piperidine rings is 1. The molecule has 0 aromatic carbocycles. The molecule has 4 heteroatoms. The minimum Gasteiger partial charge on any atom is -0.468 e. The molecule has 4 nitrogen and oxygen atoms in total. The van der Waals surface area contributed by atoms with Gasteiger partial charge in [-0.2, -0.15) is 0 Å². The van der Waals surface area contributed by atoms with Crippen LogP contribution in [0.15, 0.2) is 22.8 Å². The summed E-state index contributed by atoms with van der Waals surface area (Å²) in [5, 5.41) is 3.60. The van der Waals surface area contributed by atoms with Gasteiger partial charge in [-0.25, -0.2) is 0 Å². The van der Waals surface area contributed by atoms with Gasteiger partial charge in [0.25, 0.3) is 0 Å². The highest BCUT2D eigenvalue weighted by Gasteiger charge is 2.26. The molecule has 0 atom stereocenters. The van der Waals surface area contributed by atoms with Crippen molar-refractivity contribution < 1.29 is 9.15 Å². The van der Waals surface area contributed by atoms with E-state index >= 15 is 0 Å². The first-order chi connectivity index (χ1) is 9.42. The van der Waals surface area contributed by atoms with Crippen LogP contribution in [0.25, 0.3) is 0 Å². The minimum absolute atomic E-state index is 0.640. The Morgan fingerprint density at radius 3 is 2.63 bits per heavy atom. The minimum atomic E-state index is 0.640. The lowest BCUT2D eigenvalue weighted by molar-refractivity contribution is 0.0237. The third kappa shape index (κ3) is 3.59. The van der Waals surface area contributed by atoms with Crippen LogP contribution in [-0.4, -0.2) is 43.3 Å². The number of hydrogen-bond donors (Lipinski definition) is 1. The molecule has 1 aromatic rings. The third-order valence-electron chi connectivity index (χ3n) is 4.38. The average molecular weight is 264 g/mol. The fourth-order valence-corrected chi connectivity index (χ4v) is 3.18. The Balaban J connectivity index is 1.39. The highest BCUT2D eigenvalue weighted by Crippen LogP contribution is 2.20. The van der Waals surface area contributed by atoms with Gasteiger partial charge in [0, 0.05) is 25.3 Å². The summed E-state index contributed by atoms with van der Waals surface area (Å²) in [6.45, 7) is 5.19. The molecule has 19 heavy (non-hydrogen) atoms.